The fraction of sp³-hybridized carbons (Fsp3) is 0.636. The predicted octanol–water partition coefficient (Wildman–Crippen LogP) is 3.02. The van der Waals surface area contributed by atoms with E-state index in [0.717, 1.165) is 48.3 Å². The lowest BCUT2D eigenvalue weighted by Crippen LogP contribution is -2.53. The fourth-order valence-corrected chi connectivity index (χ4v) is 6.01. The molecule has 0 spiro atoms. The molecule has 2 N–H and O–H groups in total. The molecule has 5 heteroatoms. The normalized spacial score (nSPS) is 31.1. The number of hydrogen-bond donors (Lipinski definition) is 2. The van der Waals surface area contributed by atoms with Crippen LogP contribution in [0.3, 0.4) is 0 Å². The van der Waals surface area contributed by atoms with Gasteiger partial charge in [-0.3, -0.25) is 9.59 Å². The average Bonchev–Trinajstić information content (AvgIpc) is 2.58. The van der Waals surface area contributed by atoms with Crippen LogP contribution in [-0.2, 0) is 16.1 Å². The standard InChI is InChI=1S/C22H31N3O2/c1-25(2)14-20(26)24-19-5-3-4-15(9-19)13-23-21(27)22-10-16-6-17(11-22)8-18(7-16)12-22/h3-5,9,16-18H,6-8,10-14H2,1-2H3,(H,23,27)(H,24,26). The van der Waals surface area contributed by atoms with E-state index >= 15 is 0 Å². The molecule has 4 aliphatic rings. The number of rotatable bonds is 6. The van der Waals surface area contributed by atoms with Crippen LogP contribution in [0.2, 0.25) is 0 Å². The van der Waals surface area contributed by atoms with E-state index in [4.69, 9.17) is 0 Å². The van der Waals surface area contributed by atoms with Crippen LogP contribution in [0.5, 0.6) is 0 Å². The van der Waals surface area contributed by atoms with Crippen molar-refractivity contribution in [3.63, 3.8) is 0 Å². The molecule has 2 amide bonds. The minimum absolute atomic E-state index is 0.0326. The minimum Gasteiger partial charge on any atom is -0.352 e. The van der Waals surface area contributed by atoms with Gasteiger partial charge in [-0.2, -0.15) is 0 Å². The molecule has 0 radical (unpaired) electrons. The molecule has 0 aromatic heterocycles. The number of carbonyl (C=O) groups excluding carboxylic acids is 2. The Labute approximate surface area is 161 Å². The fourth-order valence-electron chi connectivity index (χ4n) is 6.01. The molecule has 0 saturated heterocycles. The number of nitrogens with one attached hydrogen (secondary N) is 2. The summed E-state index contributed by atoms with van der Waals surface area (Å²) in [6.07, 6.45) is 7.31. The van der Waals surface area contributed by atoms with Crippen molar-refractivity contribution in [1.82, 2.24) is 10.2 Å². The number of hydrogen-bond acceptors (Lipinski definition) is 3. The van der Waals surface area contributed by atoms with E-state index in [1.54, 1.807) is 0 Å². The monoisotopic (exact) mass is 369 g/mol. The van der Waals surface area contributed by atoms with Crippen LogP contribution in [-0.4, -0.2) is 37.4 Å². The smallest absolute Gasteiger partial charge is 0.238 e. The first-order valence-electron chi connectivity index (χ1n) is 10.2. The first-order valence-corrected chi connectivity index (χ1v) is 10.2. The second kappa shape index (κ2) is 7.27. The van der Waals surface area contributed by atoms with E-state index in [0.29, 0.717) is 13.1 Å². The van der Waals surface area contributed by atoms with E-state index in [-0.39, 0.29) is 17.2 Å². The largest absolute Gasteiger partial charge is 0.352 e. The van der Waals surface area contributed by atoms with Gasteiger partial charge in [0.05, 0.1) is 6.54 Å². The zero-order valence-electron chi connectivity index (χ0n) is 16.5. The Morgan fingerprint density at radius 2 is 1.70 bits per heavy atom. The van der Waals surface area contributed by atoms with Crippen molar-refractivity contribution in [2.75, 3.05) is 26.0 Å². The van der Waals surface area contributed by atoms with Crippen molar-refractivity contribution < 1.29 is 9.59 Å². The maximum absolute atomic E-state index is 13.1. The van der Waals surface area contributed by atoms with Crippen molar-refractivity contribution in [3.8, 4) is 0 Å². The molecule has 0 unspecified atom stereocenters. The van der Waals surface area contributed by atoms with Gasteiger partial charge in [-0.25, -0.2) is 0 Å². The zero-order valence-corrected chi connectivity index (χ0v) is 16.5. The zero-order chi connectivity index (χ0) is 19.0. The van der Waals surface area contributed by atoms with Gasteiger partial charge in [-0.05, 0) is 88.1 Å². The van der Waals surface area contributed by atoms with Gasteiger partial charge < -0.3 is 15.5 Å². The SMILES string of the molecule is CN(C)CC(=O)Nc1cccc(CNC(=O)C23CC4CC(CC(C4)C2)C3)c1. The molecular weight excluding hydrogens is 338 g/mol. The van der Waals surface area contributed by atoms with Crippen LogP contribution >= 0.6 is 0 Å². The number of carbonyl (C=O) groups is 2. The molecule has 4 fully saturated rings. The number of benzene rings is 1. The second-order valence-corrected chi connectivity index (χ2v) is 9.37. The highest BCUT2D eigenvalue weighted by molar-refractivity contribution is 5.92. The van der Waals surface area contributed by atoms with Gasteiger partial charge in [0, 0.05) is 17.6 Å². The third-order valence-corrected chi connectivity index (χ3v) is 6.64. The summed E-state index contributed by atoms with van der Waals surface area (Å²) in [7, 11) is 3.74. The lowest BCUT2D eigenvalue weighted by molar-refractivity contribution is -0.146. The molecule has 146 valence electrons. The Kier molecular flexibility index (Phi) is 4.97. The average molecular weight is 370 g/mol. The molecule has 5 rings (SSSR count). The van der Waals surface area contributed by atoms with E-state index in [9.17, 15) is 9.59 Å². The minimum atomic E-state index is -0.105. The summed E-state index contributed by atoms with van der Waals surface area (Å²) < 4.78 is 0. The number of anilines is 1. The molecule has 5 nitrogen and oxygen atoms in total. The molecule has 0 heterocycles. The van der Waals surface area contributed by atoms with Crippen molar-refractivity contribution >= 4 is 17.5 Å². The van der Waals surface area contributed by atoms with Gasteiger partial charge in [0.1, 0.15) is 0 Å². The molecule has 4 saturated carbocycles. The number of amides is 2. The highest BCUT2D eigenvalue weighted by atomic mass is 16.2. The van der Waals surface area contributed by atoms with Crippen LogP contribution in [0, 0.1) is 23.2 Å². The molecule has 0 atom stereocenters. The summed E-state index contributed by atoms with van der Waals surface area (Å²) in [5.74, 6) is 2.55. The quantitative estimate of drug-likeness (QED) is 0.810. The summed E-state index contributed by atoms with van der Waals surface area (Å²) in [6.45, 7) is 0.880. The van der Waals surface area contributed by atoms with E-state index in [1.165, 1.54) is 19.3 Å². The lowest BCUT2D eigenvalue weighted by Gasteiger charge is -2.55. The van der Waals surface area contributed by atoms with Crippen molar-refractivity contribution in [2.45, 2.75) is 45.1 Å². The first-order chi connectivity index (χ1) is 12.9. The molecule has 4 bridgehead atoms. The Bertz CT molecular complexity index is 693. The number of nitrogens with zero attached hydrogens (tertiary/aromatic N) is 1. The summed E-state index contributed by atoms with van der Waals surface area (Å²) in [5, 5.41) is 6.13. The number of likely N-dealkylation sites (N-methyl/N-ethyl adjacent to an activating group) is 1. The van der Waals surface area contributed by atoms with E-state index < -0.39 is 0 Å². The van der Waals surface area contributed by atoms with Crippen LogP contribution in [0.25, 0.3) is 0 Å². The molecule has 4 aliphatic carbocycles. The van der Waals surface area contributed by atoms with Gasteiger partial charge in [0.15, 0.2) is 0 Å². The van der Waals surface area contributed by atoms with Gasteiger partial charge in [-0.15, -0.1) is 0 Å². The molecule has 27 heavy (non-hydrogen) atoms. The third-order valence-electron chi connectivity index (χ3n) is 6.64. The lowest BCUT2D eigenvalue weighted by atomic mass is 9.49. The van der Waals surface area contributed by atoms with Gasteiger partial charge in [0.2, 0.25) is 11.8 Å². The Morgan fingerprint density at radius 3 is 2.30 bits per heavy atom. The topological polar surface area (TPSA) is 61.4 Å². The van der Waals surface area contributed by atoms with Crippen molar-refractivity contribution in [3.05, 3.63) is 29.8 Å². The Hall–Kier alpha value is -1.88. The molecule has 0 aliphatic heterocycles. The maximum atomic E-state index is 13.1. The summed E-state index contributed by atoms with van der Waals surface area (Å²) >= 11 is 0. The second-order valence-electron chi connectivity index (χ2n) is 9.37. The van der Waals surface area contributed by atoms with Crippen LogP contribution in [0.15, 0.2) is 24.3 Å². The van der Waals surface area contributed by atoms with Crippen LogP contribution in [0.4, 0.5) is 5.69 Å². The van der Waals surface area contributed by atoms with Gasteiger partial charge >= 0.3 is 0 Å². The first kappa shape index (κ1) is 18.5. The Balaban J connectivity index is 1.35. The maximum Gasteiger partial charge on any atom is 0.238 e. The summed E-state index contributed by atoms with van der Waals surface area (Å²) in [5.41, 5.74) is 1.70. The van der Waals surface area contributed by atoms with Gasteiger partial charge in [0.25, 0.3) is 0 Å². The highest BCUT2D eigenvalue weighted by Crippen LogP contribution is 2.60. The van der Waals surface area contributed by atoms with Gasteiger partial charge in [-0.1, -0.05) is 12.1 Å². The predicted molar refractivity (Wildman–Crippen MR) is 106 cm³/mol. The summed E-state index contributed by atoms with van der Waals surface area (Å²) in [6, 6.07) is 7.77. The van der Waals surface area contributed by atoms with Crippen LogP contribution in [0.1, 0.15) is 44.1 Å². The molecule has 1 aromatic carbocycles. The molecule has 1 aromatic rings. The summed E-state index contributed by atoms with van der Waals surface area (Å²) in [4.78, 5) is 26.8. The van der Waals surface area contributed by atoms with E-state index in [2.05, 4.69) is 10.6 Å². The molecular formula is C22H31N3O2. The third kappa shape index (κ3) is 4.03. The van der Waals surface area contributed by atoms with Crippen molar-refractivity contribution in [1.29, 1.82) is 0 Å². The van der Waals surface area contributed by atoms with Crippen molar-refractivity contribution in [2.24, 2.45) is 23.2 Å². The highest BCUT2D eigenvalue weighted by Gasteiger charge is 2.54. The Morgan fingerprint density at radius 1 is 1.07 bits per heavy atom. The van der Waals surface area contributed by atoms with Crippen LogP contribution < -0.4 is 10.6 Å². The van der Waals surface area contributed by atoms with E-state index in [1.807, 2.05) is 43.3 Å².